The van der Waals surface area contributed by atoms with Gasteiger partial charge >= 0.3 is 11.9 Å². The van der Waals surface area contributed by atoms with Crippen LogP contribution in [0.25, 0.3) is 0 Å². The maximum Gasteiger partial charge on any atom is 0.434 e. The summed E-state index contributed by atoms with van der Waals surface area (Å²) in [5.74, 6) is -3.71. The average Bonchev–Trinajstić information content (AvgIpc) is 3.24. The van der Waals surface area contributed by atoms with E-state index in [1.165, 1.54) is 13.0 Å². The van der Waals surface area contributed by atoms with Crippen LogP contribution in [0.1, 0.15) is 65.9 Å². The van der Waals surface area contributed by atoms with Gasteiger partial charge in [0.2, 0.25) is 15.9 Å². The molecule has 0 radical (unpaired) electrons. The number of benzene rings is 2. The number of nitrogens with one attached hydrogen (secondary N) is 2. The lowest BCUT2D eigenvalue weighted by atomic mass is 9.86. The van der Waals surface area contributed by atoms with E-state index in [0.717, 1.165) is 6.92 Å². The Bertz CT molecular complexity index is 1550. The molecule has 1 aliphatic rings. The van der Waals surface area contributed by atoms with Crippen LogP contribution in [0.2, 0.25) is 0 Å². The van der Waals surface area contributed by atoms with Crippen molar-refractivity contribution in [1.29, 1.82) is 0 Å². The van der Waals surface area contributed by atoms with E-state index >= 15 is 0 Å². The first-order chi connectivity index (χ1) is 17.5. The standard InChI is InChI=1S/C24H25F4N3O6S/c1-11-5-7-15(25)17(12(11)2)13(3)19(21-29-30-22(32)37-21)31-38(34,35)16-8-6-14(24(26,27)28)18-20(16)36-10-9-23(18,4)33/h5-8,13,19,31,33H,9-10H2,1-4H3,(H,30,32)/t13-,19+,23?/m1/s1. The van der Waals surface area contributed by atoms with Gasteiger partial charge in [0.25, 0.3) is 0 Å². The van der Waals surface area contributed by atoms with Crippen molar-refractivity contribution in [2.24, 2.45) is 0 Å². The van der Waals surface area contributed by atoms with Crippen molar-refractivity contribution in [2.45, 2.75) is 62.7 Å². The van der Waals surface area contributed by atoms with Crippen LogP contribution in [0.4, 0.5) is 17.6 Å². The van der Waals surface area contributed by atoms with Gasteiger partial charge in [-0.25, -0.2) is 22.7 Å². The van der Waals surface area contributed by atoms with Gasteiger partial charge in [-0.2, -0.15) is 17.9 Å². The van der Waals surface area contributed by atoms with E-state index in [-0.39, 0.29) is 18.6 Å². The van der Waals surface area contributed by atoms with Gasteiger partial charge in [-0.1, -0.05) is 13.0 Å². The molecule has 3 N–H and O–H groups in total. The molecular weight excluding hydrogens is 534 g/mol. The minimum Gasteiger partial charge on any atom is -0.492 e. The number of fused-ring (bicyclic) bond motifs is 1. The van der Waals surface area contributed by atoms with Crippen LogP contribution in [0.15, 0.2) is 38.4 Å². The molecule has 14 heteroatoms. The van der Waals surface area contributed by atoms with Crippen molar-refractivity contribution in [3.8, 4) is 5.75 Å². The Labute approximate surface area is 214 Å². The second-order valence-electron chi connectivity index (χ2n) is 9.43. The molecule has 0 aliphatic carbocycles. The Morgan fingerprint density at radius 1 is 1.21 bits per heavy atom. The maximum atomic E-state index is 14.9. The molecule has 3 atom stereocenters. The maximum absolute atomic E-state index is 14.9. The minimum atomic E-state index is -4.90. The molecule has 0 saturated heterocycles. The highest BCUT2D eigenvalue weighted by atomic mass is 32.2. The number of alkyl halides is 3. The predicted octanol–water partition coefficient (Wildman–Crippen LogP) is 3.95. The van der Waals surface area contributed by atoms with Gasteiger partial charge in [0.15, 0.2) is 0 Å². The lowest BCUT2D eigenvalue weighted by Gasteiger charge is -2.34. The Kier molecular flexibility index (Phi) is 6.95. The second-order valence-corrected chi connectivity index (χ2v) is 11.1. The molecular formula is C24H25F4N3O6S. The lowest BCUT2D eigenvalue weighted by Crippen LogP contribution is -2.36. The average molecular weight is 560 g/mol. The smallest absolute Gasteiger partial charge is 0.434 e. The third-order valence-electron chi connectivity index (χ3n) is 6.78. The largest absolute Gasteiger partial charge is 0.492 e. The lowest BCUT2D eigenvalue weighted by molar-refractivity contribution is -0.141. The summed E-state index contributed by atoms with van der Waals surface area (Å²) in [6, 6.07) is 2.56. The van der Waals surface area contributed by atoms with E-state index in [2.05, 4.69) is 9.82 Å². The number of halogens is 4. The fourth-order valence-corrected chi connectivity index (χ4v) is 6.09. The molecule has 0 spiro atoms. The second kappa shape index (κ2) is 9.50. The normalized spacial score (nSPS) is 19.5. The first kappa shape index (κ1) is 27.8. The number of nitrogens with zero attached hydrogens (tertiary/aromatic N) is 1. The molecule has 0 amide bonds. The van der Waals surface area contributed by atoms with Crippen LogP contribution >= 0.6 is 0 Å². The summed E-state index contributed by atoms with van der Waals surface area (Å²) < 4.78 is 96.1. The Hall–Kier alpha value is -3.23. The Morgan fingerprint density at radius 3 is 2.50 bits per heavy atom. The van der Waals surface area contributed by atoms with Crippen molar-refractivity contribution >= 4 is 10.0 Å². The summed E-state index contributed by atoms with van der Waals surface area (Å²) in [5.41, 5.74) is -2.63. The zero-order chi connectivity index (χ0) is 28.2. The number of aromatic nitrogens is 2. The van der Waals surface area contributed by atoms with E-state index in [9.17, 15) is 35.9 Å². The molecule has 4 rings (SSSR count). The van der Waals surface area contributed by atoms with Gasteiger partial charge in [0.1, 0.15) is 22.5 Å². The zero-order valence-electron chi connectivity index (χ0n) is 20.7. The summed E-state index contributed by atoms with van der Waals surface area (Å²) in [5, 5.41) is 16.5. The number of sulfonamides is 1. The molecule has 3 aromatic rings. The van der Waals surface area contributed by atoms with E-state index in [0.29, 0.717) is 23.3 Å². The summed E-state index contributed by atoms with van der Waals surface area (Å²) >= 11 is 0. The monoisotopic (exact) mass is 559 g/mol. The first-order valence-corrected chi connectivity index (χ1v) is 13.0. The first-order valence-electron chi connectivity index (χ1n) is 11.5. The van der Waals surface area contributed by atoms with Gasteiger partial charge < -0.3 is 14.3 Å². The number of aryl methyl sites for hydroxylation is 1. The van der Waals surface area contributed by atoms with Gasteiger partial charge in [-0.3, -0.25) is 0 Å². The van der Waals surface area contributed by atoms with E-state index in [1.807, 2.05) is 5.10 Å². The van der Waals surface area contributed by atoms with Crippen molar-refractivity contribution in [1.82, 2.24) is 14.9 Å². The summed E-state index contributed by atoms with van der Waals surface area (Å²) in [4.78, 5) is 11.0. The number of aliphatic hydroxyl groups is 1. The van der Waals surface area contributed by atoms with Crippen LogP contribution in [0.3, 0.4) is 0 Å². The van der Waals surface area contributed by atoms with Crippen molar-refractivity contribution in [2.75, 3.05) is 6.61 Å². The predicted molar refractivity (Wildman–Crippen MR) is 126 cm³/mol. The molecule has 1 aliphatic heterocycles. The highest BCUT2D eigenvalue weighted by Crippen LogP contribution is 2.48. The molecule has 9 nitrogen and oxygen atoms in total. The molecule has 0 bridgehead atoms. The van der Waals surface area contributed by atoms with E-state index < -0.39 is 73.0 Å². The van der Waals surface area contributed by atoms with Crippen LogP contribution in [0.5, 0.6) is 5.75 Å². The number of hydrogen-bond donors (Lipinski definition) is 3. The fourth-order valence-electron chi connectivity index (χ4n) is 4.67. The van der Waals surface area contributed by atoms with Crippen molar-refractivity contribution < 1.29 is 40.2 Å². The minimum absolute atomic E-state index is 0.122. The summed E-state index contributed by atoms with van der Waals surface area (Å²) in [6.07, 6.45) is -5.11. The van der Waals surface area contributed by atoms with Gasteiger partial charge in [0, 0.05) is 17.9 Å². The van der Waals surface area contributed by atoms with Crippen LogP contribution in [-0.4, -0.2) is 30.3 Å². The molecule has 38 heavy (non-hydrogen) atoms. The molecule has 0 saturated carbocycles. The highest BCUT2D eigenvalue weighted by molar-refractivity contribution is 7.89. The number of aromatic amines is 1. The number of hydrogen-bond acceptors (Lipinski definition) is 7. The number of rotatable bonds is 6. The van der Waals surface area contributed by atoms with Crippen molar-refractivity contribution in [3.05, 3.63) is 74.3 Å². The number of ether oxygens (including phenoxy) is 1. The van der Waals surface area contributed by atoms with Crippen LogP contribution in [0, 0.1) is 19.7 Å². The van der Waals surface area contributed by atoms with Gasteiger partial charge in [0.05, 0.1) is 17.8 Å². The zero-order valence-corrected chi connectivity index (χ0v) is 21.6. The van der Waals surface area contributed by atoms with E-state index in [1.54, 1.807) is 19.9 Å². The third kappa shape index (κ3) is 4.95. The number of H-pyrrole nitrogens is 1. The van der Waals surface area contributed by atoms with Crippen LogP contribution < -0.4 is 15.2 Å². The van der Waals surface area contributed by atoms with Gasteiger partial charge in [-0.15, -0.1) is 5.10 Å². The molecule has 1 aromatic heterocycles. The van der Waals surface area contributed by atoms with E-state index in [4.69, 9.17) is 9.15 Å². The molecule has 206 valence electrons. The molecule has 2 heterocycles. The summed E-state index contributed by atoms with van der Waals surface area (Å²) in [7, 11) is -4.73. The van der Waals surface area contributed by atoms with Gasteiger partial charge in [-0.05, 0) is 55.7 Å². The van der Waals surface area contributed by atoms with Crippen molar-refractivity contribution in [3.63, 3.8) is 0 Å². The third-order valence-corrected chi connectivity index (χ3v) is 8.25. The molecule has 2 aromatic carbocycles. The fraction of sp³-hybridized carbons (Fsp3) is 0.417. The highest BCUT2D eigenvalue weighted by Gasteiger charge is 2.45. The molecule has 0 fully saturated rings. The topological polar surface area (TPSA) is 135 Å². The molecule has 1 unspecified atom stereocenters. The summed E-state index contributed by atoms with van der Waals surface area (Å²) in [6.45, 7) is 5.75. The Morgan fingerprint density at radius 2 is 1.89 bits per heavy atom. The quantitative estimate of drug-likeness (QED) is 0.390. The van der Waals surface area contributed by atoms with Crippen LogP contribution in [-0.2, 0) is 21.8 Å². The Balaban J connectivity index is 1.87. The SMILES string of the molecule is Cc1ccc(F)c([C@@H](C)[C@H](NS(=O)(=O)c2ccc(C(F)(F)F)c3c2OCCC3(C)O)c2n[nH]c(=O)o2)c1C.